The first-order chi connectivity index (χ1) is 9.15. The molecule has 0 aromatic heterocycles. The summed E-state index contributed by atoms with van der Waals surface area (Å²) >= 11 is 0. The molecular weight excluding hydrogens is 246 g/mol. The van der Waals surface area contributed by atoms with Crippen LogP contribution in [0.15, 0.2) is 0 Å². The average molecular weight is 273 g/mol. The number of rotatable bonds is 7. The Balaban J connectivity index is 2.23. The van der Waals surface area contributed by atoms with Crippen LogP contribution in [0.25, 0.3) is 0 Å². The highest BCUT2D eigenvalue weighted by molar-refractivity contribution is 5.74. The van der Waals surface area contributed by atoms with E-state index in [1.807, 2.05) is 13.8 Å². The van der Waals surface area contributed by atoms with Crippen LogP contribution in [-0.4, -0.2) is 67.6 Å². The third-order valence-corrected chi connectivity index (χ3v) is 3.85. The van der Waals surface area contributed by atoms with Crippen molar-refractivity contribution in [2.24, 2.45) is 0 Å². The van der Waals surface area contributed by atoms with Crippen molar-refractivity contribution in [2.75, 3.05) is 46.0 Å². The first-order valence-electron chi connectivity index (χ1n) is 7.12. The molecule has 0 bridgehead atoms. The number of hydrogen-bond acceptors (Lipinski definition) is 4. The van der Waals surface area contributed by atoms with Gasteiger partial charge in [0.15, 0.2) is 0 Å². The van der Waals surface area contributed by atoms with Crippen molar-refractivity contribution in [1.82, 2.24) is 15.5 Å². The van der Waals surface area contributed by atoms with Crippen LogP contribution in [-0.2, 0) is 4.74 Å². The minimum Gasteiger partial charge on any atom is -0.394 e. The molecule has 6 heteroatoms. The van der Waals surface area contributed by atoms with Crippen LogP contribution >= 0.6 is 0 Å². The van der Waals surface area contributed by atoms with Gasteiger partial charge in [0.05, 0.1) is 25.4 Å². The number of carbonyl (C=O) groups is 1. The molecule has 1 aliphatic rings. The number of ether oxygens (including phenoxy) is 1. The van der Waals surface area contributed by atoms with E-state index in [-0.39, 0.29) is 12.6 Å². The van der Waals surface area contributed by atoms with Crippen molar-refractivity contribution < 1.29 is 14.6 Å². The maximum absolute atomic E-state index is 11.8. The molecule has 1 aliphatic heterocycles. The lowest BCUT2D eigenvalue weighted by atomic mass is 9.94. The zero-order chi connectivity index (χ0) is 14.1. The summed E-state index contributed by atoms with van der Waals surface area (Å²) in [5, 5.41) is 15.1. The Morgan fingerprint density at radius 3 is 2.47 bits per heavy atom. The molecule has 1 rings (SSSR count). The van der Waals surface area contributed by atoms with Crippen molar-refractivity contribution in [3.63, 3.8) is 0 Å². The smallest absolute Gasteiger partial charge is 0.315 e. The summed E-state index contributed by atoms with van der Waals surface area (Å²) in [6, 6.07) is -0.203. The van der Waals surface area contributed by atoms with Gasteiger partial charge in [0.25, 0.3) is 0 Å². The van der Waals surface area contributed by atoms with Gasteiger partial charge in [-0.05, 0) is 12.8 Å². The molecule has 0 spiro atoms. The van der Waals surface area contributed by atoms with Crippen molar-refractivity contribution in [3.05, 3.63) is 0 Å². The number of carbonyl (C=O) groups excluding carboxylic acids is 1. The Kier molecular flexibility index (Phi) is 7.12. The molecule has 0 aromatic rings. The lowest BCUT2D eigenvalue weighted by Crippen LogP contribution is -2.54. The summed E-state index contributed by atoms with van der Waals surface area (Å²) in [6.07, 6.45) is 1.44. The van der Waals surface area contributed by atoms with E-state index in [4.69, 9.17) is 4.74 Å². The van der Waals surface area contributed by atoms with Gasteiger partial charge in [-0.25, -0.2) is 4.79 Å². The van der Waals surface area contributed by atoms with Crippen molar-refractivity contribution >= 4 is 6.03 Å². The number of aliphatic hydroxyl groups is 1. The second kappa shape index (κ2) is 8.35. The fraction of sp³-hybridized carbons (Fsp3) is 0.923. The Morgan fingerprint density at radius 1 is 1.32 bits per heavy atom. The second-order valence-electron chi connectivity index (χ2n) is 4.98. The third kappa shape index (κ3) is 5.34. The molecular formula is C13H27N3O3. The second-order valence-corrected chi connectivity index (χ2v) is 4.98. The Labute approximate surface area is 115 Å². The molecule has 3 N–H and O–H groups in total. The van der Waals surface area contributed by atoms with E-state index in [9.17, 15) is 9.90 Å². The molecule has 1 saturated heterocycles. The van der Waals surface area contributed by atoms with E-state index in [0.717, 1.165) is 45.7 Å². The maximum Gasteiger partial charge on any atom is 0.315 e. The topological polar surface area (TPSA) is 73.8 Å². The lowest BCUT2D eigenvalue weighted by Gasteiger charge is -2.31. The van der Waals surface area contributed by atoms with Gasteiger partial charge < -0.3 is 20.5 Å². The Morgan fingerprint density at radius 2 is 1.95 bits per heavy atom. The van der Waals surface area contributed by atoms with Gasteiger partial charge in [-0.15, -0.1) is 0 Å². The lowest BCUT2D eigenvalue weighted by molar-refractivity contribution is 0.0386. The van der Waals surface area contributed by atoms with E-state index in [0.29, 0.717) is 6.54 Å². The van der Waals surface area contributed by atoms with Gasteiger partial charge in [0, 0.05) is 26.2 Å². The van der Waals surface area contributed by atoms with Crippen molar-refractivity contribution in [2.45, 2.75) is 32.2 Å². The quantitative estimate of drug-likeness (QED) is 0.618. The summed E-state index contributed by atoms with van der Waals surface area (Å²) in [5.74, 6) is 0. The van der Waals surface area contributed by atoms with Crippen LogP contribution in [0.3, 0.4) is 0 Å². The zero-order valence-electron chi connectivity index (χ0n) is 12.1. The van der Waals surface area contributed by atoms with Crippen molar-refractivity contribution in [1.29, 1.82) is 0 Å². The summed E-state index contributed by atoms with van der Waals surface area (Å²) in [5.41, 5.74) is -0.497. The maximum atomic E-state index is 11.8. The minimum absolute atomic E-state index is 0.0309. The van der Waals surface area contributed by atoms with Crippen LogP contribution in [0.1, 0.15) is 26.7 Å². The first kappa shape index (κ1) is 16.2. The Bertz CT molecular complexity index is 256. The normalized spacial score (nSPS) is 17.2. The van der Waals surface area contributed by atoms with E-state index >= 15 is 0 Å². The predicted octanol–water partition coefficient (Wildman–Crippen LogP) is 0.169. The molecule has 0 aromatic carbocycles. The summed E-state index contributed by atoms with van der Waals surface area (Å²) in [7, 11) is 0. The highest BCUT2D eigenvalue weighted by atomic mass is 16.5. The first-order valence-corrected chi connectivity index (χ1v) is 7.12. The number of morpholine rings is 1. The summed E-state index contributed by atoms with van der Waals surface area (Å²) in [6.45, 7) is 8.73. The third-order valence-electron chi connectivity index (χ3n) is 3.85. The van der Waals surface area contributed by atoms with Crippen LogP contribution < -0.4 is 10.6 Å². The van der Waals surface area contributed by atoms with Crippen LogP contribution in [0, 0.1) is 0 Å². The number of nitrogens with one attached hydrogen (secondary N) is 2. The highest BCUT2D eigenvalue weighted by Crippen LogP contribution is 2.13. The van der Waals surface area contributed by atoms with E-state index in [2.05, 4.69) is 15.5 Å². The minimum atomic E-state index is -0.497. The van der Waals surface area contributed by atoms with Crippen LogP contribution in [0.5, 0.6) is 0 Å². The fourth-order valence-electron chi connectivity index (χ4n) is 2.13. The number of amides is 2. The van der Waals surface area contributed by atoms with E-state index < -0.39 is 5.54 Å². The van der Waals surface area contributed by atoms with Gasteiger partial charge in [-0.2, -0.15) is 0 Å². The molecule has 0 atom stereocenters. The van der Waals surface area contributed by atoms with Crippen molar-refractivity contribution in [3.8, 4) is 0 Å². The standard InChI is InChI=1S/C13H27N3O3/c1-3-13(4-2,11-17)15-12(18)14-5-6-16-7-9-19-10-8-16/h17H,3-11H2,1-2H3,(H2,14,15,18). The van der Waals surface area contributed by atoms with Gasteiger partial charge in [0.2, 0.25) is 0 Å². The van der Waals surface area contributed by atoms with Gasteiger partial charge >= 0.3 is 6.03 Å². The summed E-state index contributed by atoms with van der Waals surface area (Å²) in [4.78, 5) is 14.1. The average Bonchev–Trinajstić information content (AvgIpc) is 2.46. The predicted molar refractivity (Wildman–Crippen MR) is 74.2 cm³/mol. The number of hydrogen-bond donors (Lipinski definition) is 3. The SMILES string of the molecule is CCC(CC)(CO)NC(=O)NCCN1CCOCC1. The molecule has 19 heavy (non-hydrogen) atoms. The number of nitrogens with zero attached hydrogens (tertiary/aromatic N) is 1. The van der Waals surface area contributed by atoms with Gasteiger partial charge in [0.1, 0.15) is 0 Å². The molecule has 0 unspecified atom stereocenters. The van der Waals surface area contributed by atoms with E-state index in [1.165, 1.54) is 0 Å². The van der Waals surface area contributed by atoms with Crippen LogP contribution in [0.4, 0.5) is 4.79 Å². The monoisotopic (exact) mass is 273 g/mol. The van der Waals surface area contributed by atoms with Crippen LogP contribution in [0.2, 0.25) is 0 Å². The van der Waals surface area contributed by atoms with E-state index in [1.54, 1.807) is 0 Å². The number of aliphatic hydroxyl groups excluding tert-OH is 1. The molecule has 0 saturated carbocycles. The zero-order valence-corrected chi connectivity index (χ0v) is 12.1. The largest absolute Gasteiger partial charge is 0.394 e. The molecule has 0 aliphatic carbocycles. The molecule has 0 radical (unpaired) electrons. The molecule has 1 heterocycles. The molecule has 2 amide bonds. The molecule has 112 valence electrons. The highest BCUT2D eigenvalue weighted by Gasteiger charge is 2.26. The fourth-order valence-corrected chi connectivity index (χ4v) is 2.13. The molecule has 6 nitrogen and oxygen atoms in total. The molecule has 1 fully saturated rings. The number of urea groups is 1. The van der Waals surface area contributed by atoms with Gasteiger partial charge in [-0.1, -0.05) is 13.8 Å². The Hall–Kier alpha value is -0.850. The van der Waals surface area contributed by atoms with Gasteiger partial charge in [-0.3, -0.25) is 4.90 Å². The summed E-state index contributed by atoms with van der Waals surface area (Å²) < 4.78 is 5.27.